The molecule has 144 valence electrons. The van der Waals surface area contributed by atoms with Gasteiger partial charge in [0, 0.05) is 0 Å². The molecule has 0 aromatic rings. The minimum Gasteiger partial charge on any atom is -0.285 e. The zero-order chi connectivity index (χ0) is 20.0. The summed E-state index contributed by atoms with van der Waals surface area (Å²) in [4.78, 5) is 0. The Morgan fingerprint density at radius 2 is 1.17 bits per heavy atom. The van der Waals surface area contributed by atoms with Crippen LogP contribution in [0.25, 0.3) is 0 Å². The first-order valence-electron chi connectivity index (χ1n) is 5.02. The lowest BCUT2D eigenvalue weighted by Crippen LogP contribution is -2.66. The average molecular weight is 408 g/mol. The monoisotopic (exact) mass is 408 g/mol. The highest BCUT2D eigenvalue weighted by molar-refractivity contribution is 7.85. The van der Waals surface area contributed by atoms with Gasteiger partial charge in [0.15, 0.2) is 5.83 Å². The Kier molecular flexibility index (Phi) is 5.66. The number of hydrogen-bond donors (Lipinski definition) is 1. The molecule has 0 aromatic heterocycles. The molecule has 0 saturated heterocycles. The van der Waals surface area contributed by atoms with Crippen molar-refractivity contribution in [2.45, 2.75) is 29.9 Å². The first-order valence-corrected chi connectivity index (χ1v) is 6.63. The number of rotatable bonds is 6. The molecular formula is C8H4F12O3S. The van der Waals surface area contributed by atoms with E-state index in [1.807, 2.05) is 0 Å². The Morgan fingerprint density at radius 1 is 0.792 bits per heavy atom. The van der Waals surface area contributed by atoms with Gasteiger partial charge >= 0.3 is 29.9 Å². The van der Waals surface area contributed by atoms with Crippen molar-refractivity contribution in [2.75, 3.05) is 5.75 Å². The van der Waals surface area contributed by atoms with Crippen molar-refractivity contribution in [1.29, 1.82) is 0 Å². The Balaban J connectivity index is 6.11. The van der Waals surface area contributed by atoms with Gasteiger partial charge in [-0.2, -0.15) is 56.7 Å². The van der Waals surface area contributed by atoms with E-state index in [1.165, 1.54) is 0 Å². The van der Waals surface area contributed by atoms with E-state index in [9.17, 15) is 61.1 Å². The fourth-order valence-corrected chi connectivity index (χ4v) is 1.39. The van der Waals surface area contributed by atoms with Gasteiger partial charge < -0.3 is 0 Å². The second-order valence-electron chi connectivity index (χ2n) is 4.10. The minimum absolute atomic E-state index is 1.11. The van der Waals surface area contributed by atoms with Crippen LogP contribution in [0.2, 0.25) is 0 Å². The SMILES string of the molecule is O=S(=O)(O)C/C=C(\F)C(F)(F)C(F)(F)C(F)(F)C(F)(F)C(F)(F)F. The number of alkyl halides is 11. The van der Waals surface area contributed by atoms with Crippen molar-refractivity contribution >= 4 is 10.1 Å². The van der Waals surface area contributed by atoms with Gasteiger partial charge in [-0.3, -0.25) is 4.55 Å². The largest absolute Gasteiger partial charge is 0.460 e. The van der Waals surface area contributed by atoms with Crippen molar-refractivity contribution < 1.29 is 65.7 Å². The van der Waals surface area contributed by atoms with Crippen LogP contribution in [0.5, 0.6) is 0 Å². The number of halogens is 12. The smallest absolute Gasteiger partial charge is 0.285 e. The first-order chi connectivity index (χ1) is 10.1. The maximum absolute atomic E-state index is 12.9. The first kappa shape index (κ1) is 22.8. The summed E-state index contributed by atoms with van der Waals surface area (Å²) >= 11 is 0. The fraction of sp³-hybridized carbons (Fsp3) is 0.750. The normalized spacial score (nSPS) is 16.5. The summed E-state index contributed by atoms with van der Waals surface area (Å²) < 4.78 is 178. The van der Waals surface area contributed by atoms with Gasteiger partial charge in [0.2, 0.25) is 0 Å². The van der Waals surface area contributed by atoms with Gasteiger partial charge in [-0.25, -0.2) is 4.39 Å². The lowest BCUT2D eigenvalue weighted by molar-refractivity contribution is -0.419. The molecule has 0 rings (SSSR count). The molecule has 0 heterocycles. The van der Waals surface area contributed by atoms with E-state index in [0.717, 1.165) is 0 Å². The maximum atomic E-state index is 12.9. The van der Waals surface area contributed by atoms with Gasteiger partial charge in [0.1, 0.15) is 0 Å². The summed E-state index contributed by atoms with van der Waals surface area (Å²) in [5.74, 6) is -36.0. The average Bonchev–Trinajstić information content (AvgIpc) is 2.32. The van der Waals surface area contributed by atoms with E-state index in [1.54, 1.807) is 0 Å². The van der Waals surface area contributed by atoms with E-state index in [0.29, 0.717) is 0 Å². The van der Waals surface area contributed by atoms with E-state index in [-0.39, 0.29) is 0 Å². The highest BCUT2D eigenvalue weighted by atomic mass is 32.2. The Morgan fingerprint density at radius 3 is 1.46 bits per heavy atom. The molecule has 0 spiro atoms. The predicted molar refractivity (Wildman–Crippen MR) is 51.4 cm³/mol. The van der Waals surface area contributed by atoms with Crippen LogP contribution >= 0.6 is 0 Å². The highest BCUT2D eigenvalue weighted by Crippen LogP contribution is 2.58. The topological polar surface area (TPSA) is 54.4 Å². The summed E-state index contributed by atoms with van der Waals surface area (Å²) in [6.07, 6.45) is -8.50. The standard InChI is InChI=1S/C8H4F12O3S/c9-3(1-2-24(21,22)23)4(10,11)5(12,13)6(14,15)7(16,17)8(18,19)20/h1H,2H2,(H,21,22,23)/b3-1-. The Hall–Kier alpha value is -1.19. The third-order valence-electron chi connectivity index (χ3n) is 2.31. The molecular weight excluding hydrogens is 404 g/mol. The minimum atomic E-state index is -7.81. The molecule has 0 amide bonds. The Labute approximate surface area is 124 Å². The van der Waals surface area contributed by atoms with Crippen molar-refractivity contribution in [3.63, 3.8) is 0 Å². The van der Waals surface area contributed by atoms with Crippen LogP contribution in [-0.4, -0.2) is 48.6 Å². The van der Waals surface area contributed by atoms with E-state index < -0.39 is 57.6 Å². The van der Waals surface area contributed by atoms with Crippen LogP contribution in [0.4, 0.5) is 52.7 Å². The van der Waals surface area contributed by atoms with Crippen LogP contribution in [0.3, 0.4) is 0 Å². The van der Waals surface area contributed by atoms with Crippen LogP contribution in [0.1, 0.15) is 0 Å². The quantitative estimate of drug-likeness (QED) is 0.537. The van der Waals surface area contributed by atoms with E-state index in [2.05, 4.69) is 0 Å². The number of allylic oxidation sites excluding steroid dienone is 1. The molecule has 0 aromatic carbocycles. The molecule has 0 radical (unpaired) electrons. The Bertz CT molecular complexity index is 602. The van der Waals surface area contributed by atoms with Crippen LogP contribution < -0.4 is 0 Å². The van der Waals surface area contributed by atoms with E-state index in [4.69, 9.17) is 4.55 Å². The van der Waals surface area contributed by atoms with Crippen molar-refractivity contribution in [2.24, 2.45) is 0 Å². The summed E-state index contributed by atoms with van der Waals surface area (Å²) in [7, 11) is -5.32. The molecule has 0 aliphatic carbocycles. The second-order valence-corrected chi connectivity index (χ2v) is 5.59. The van der Waals surface area contributed by atoms with E-state index >= 15 is 0 Å². The second kappa shape index (κ2) is 5.96. The molecule has 0 aliphatic rings. The van der Waals surface area contributed by atoms with Gasteiger partial charge in [0.25, 0.3) is 10.1 Å². The summed E-state index contributed by atoms with van der Waals surface area (Å²) in [5.41, 5.74) is 0. The van der Waals surface area contributed by atoms with Crippen LogP contribution in [-0.2, 0) is 10.1 Å². The van der Waals surface area contributed by atoms with Gasteiger partial charge in [-0.05, 0) is 6.08 Å². The molecule has 0 aliphatic heterocycles. The number of hydrogen-bond acceptors (Lipinski definition) is 2. The zero-order valence-electron chi connectivity index (χ0n) is 10.5. The van der Waals surface area contributed by atoms with Gasteiger partial charge in [-0.15, -0.1) is 0 Å². The lowest BCUT2D eigenvalue weighted by atomic mass is 9.97. The fourth-order valence-electron chi connectivity index (χ4n) is 1.03. The third kappa shape index (κ3) is 3.73. The molecule has 0 unspecified atom stereocenters. The molecule has 0 atom stereocenters. The lowest BCUT2D eigenvalue weighted by Gasteiger charge is -2.36. The summed E-state index contributed by atoms with van der Waals surface area (Å²) in [6, 6.07) is 0. The van der Waals surface area contributed by atoms with Crippen LogP contribution in [0.15, 0.2) is 11.9 Å². The predicted octanol–water partition coefficient (Wildman–Crippen LogP) is 3.83. The molecule has 0 fully saturated rings. The molecule has 0 bridgehead atoms. The molecule has 0 saturated carbocycles. The zero-order valence-corrected chi connectivity index (χ0v) is 11.3. The third-order valence-corrected chi connectivity index (χ3v) is 2.90. The van der Waals surface area contributed by atoms with Crippen LogP contribution in [0, 0.1) is 0 Å². The molecule has 24 heavy (non-hydrogen) atoms. The van der Waals surface area contributed by atoms with Crippen molar-refractivity contribution in [1.82, 2.24) is 0 Å². The van der Waals surface area contributed by atoms with Crippen molar-refractivity contribution in [3.8, 4) is 0 Å². The molecule has 3 nitrogen and oxygen atoms in total. The highest BCUT2D eigenvalue weighted by Gasteiger charge is 2.87. The van der Waals surface area contributed by atoms with Crippen molar-refractivity contribution in [3.05, 3.63) is 11.9 Å². The summed E-state index contributed by atoms with van der Waals surface area (Å²) in [6.45, 7) is 0. The van der Waals surface area contributed by atoms with Gasteiger partial charge in [-0.1, -0.05) is 0 Å². The molecule has 1 N–H and O–H groups in total. The molecule has 16 heteroatoms. The van der Waals surface area contributed by atoms with Gasteiger partial charge in [0.05, 0.1) is 5.75 Å². The maximum Gasteiger partial charge on any atom is 0.460 e. The summed E-state index contributed by atoms with van der Waals surface area (Å²) in [5, 5.41) is 0.